The monoisotopic (exact) mass is 479 g/mol. The van der Waals surface area contributed by atoms with Gasteiger partial charge in [-0.05, 0) is 83.4 Å². The zero-order valence-corrected chi connectivity index (χ0v) is 23.7. The SMILES string of the molecule is CC.CC=N/C(C)=C(C(/C#Cc1ccccn1)=C\CCC)\C(N)=C(/C)CC.CCC1CCC(C)O1. The number of hydrogen-bond donors (Lipinski definition) is 1. The summed E-state index contributed by atoms with van der Waals surface area (Å²) in [6.07, 6.45) is 13.4. The van der Waals surface area contributed by atoms with Gasteiger partial charge >= 0.3 is 0 Å². The molecular formula is C31H49N3O. The molecule has 2 rings (SSSR count). The molecule has 194 valence electrons. The molecule has 2 N–H and O–H groups in total. The van der Waals surface area contributed by atoms with Crippen LogP contribution < -0.4 is 5.73 Å². The summed E-state index contributed by atoms with van der Waals surface area (Å²) in [5.74, 6) is 6.42. The normalized spacial score (nSPS) is 18.8. The summed E-state index contributed by atoms with van der Waals surface area (Å²) in [7, 11) is 0. The highest BCUT2D eigenvalue weighted by molar-refractivity contribution is 5.62. The topological polar surface area (TPSA) is 60.5 Å². The third-order valence-electron chi connectivity index (χ3n) is 5.62. The van der Waals surface area contributed by atoms with Crippen molar-refractivity contribution in [1.29, 1.82) is 0 Å². The van der Waals surface area contributed by atoms with Crippen LogP contribution in [0.5, 0.6) is 0 Å². The molecule has 0 spiro atoms. The van der Waals surface area contributed by atoms with Crippen LogP contribution in [0, 0.1) is 11.8 Å². The number of rotatable bonds is 7. The Labute approximate surface area is 215 Å². The summed E-state index contributed by atoms with van der Waals surface area (Å²) >= 11 is 0. The van der Waals surface area contributed by atoms with Crippen molar-refractivity contribution in [1.82, 2.24) is 4.98 Å². The van der Waals surface area contributed by atoms with Crippen LogP contribution in [0.3, 0.4) is 0 Å². The molecule has 1 fully saturated rings. The summed E-state index contributed by atoms with van der Waals surface area (Å²) in [6, 6.07) is 5.72. The van der Waals surface area contributed by atoms with Crippen LogP contribution in [0.1, 0.15) is 107 Å². The maximum Gasteiger partial charge on any atom is 0.113 e. The van der Waals surface area contributed by atoms with Crippen LogP contribution in [0.4, 0.5) is 0 Å². The minimum absolute atomic E-state index is 0.528. The van der Waals surface area contributed by atoms with E-state index in [9.17, 15) is 0 Å². The molecule has 35 heavy (non-hydrogen) atoms. The van der Waals surface area contributed by atoms with Crippen molar-refractivity contribution < 1.29 is 4.74 Å². The Hall–Kier alpha value is -2.64. The smallest absolute Gasteiger partial charge is 0.113 e. The maximum atomic E-state index is 6.47. The zero-order chi connectivity index (χ0) is 26.6. The van der Waals surface area contributed by atoms with Crippen LogP contribution >= 0.6 is 0 Å². The molecule has 1 aliphatic rings. The lowest BCUT2D eigenvalue weighted by atomic mass is 9.96. The molecule has 0 radical (unpaired) electrons. The van der Waals surface area contributed by atoms with E-state index in [0.29, 0.717) is 12.2 Å². The fourth-order valence-corrected chi connectivity index (χ4v) is 3.45. The van der Waals surface area contributed by atoms with Gasteiger partial charge in [-0.25, -0.2) is 4.98 Å². The van der Waals surface area contributed by atoms with Gasteiger partial charge in [0.1, 0.15) is 5.69 Å². The minimum Gasteiger partial charge on any atom is -0.398 e. The van der Waals surface area contributed by atoms with E-state index >= 15 is 0 Å². The standard InChI is InChI=1S/C22H29N3.C7H14O.C2H6/c1-6-9-12-19(14-15-20-13-10-11-16-25-20)21(18(5)24-8-3)22(23)17(4)7-2;1-3-7-5-4-6(2)8-7;1-2/h8,10-13,16H,6-7,9,23H2,1-5H3;6-7H,3-5H2,1-2H3;1-2H3/b19-12-,21-18-,22-17-,24-8?;;. The van der Waals surface area contributed by atoms with Gasteiger partial charge in [0.05, 0.1) is 12.2 Å². The molecule has 0 aliphatic carbocycles. The third-order valence-corrected chi connectivity index (χ3v) is 5.62. The Morgan fingerprint density at radius 1 is 1.20 bits per heavy atom. The Bertz CT molecular complexity index is 898. The lowest BCUT2D eigenvalue weighted by Gasteiger charge is -2.13. The van der Waals surface area contributed by atoms with Crippen molar-refractivity contribution in [3.05, 3.63) is 64.3 Å². The van der Waals surface area contributed by atoms with Crippen molar-refractivity contribution in [3.8, 4) is 11.8 Å². The quantitative estimate of drug-likeness (QED) is 0.244. The van der Waals surface area contributed by atoms with Crippen molar-refractivity contribution >= 4 is 6.21 Å². The lowest BCUT2D eigenvalue weighted by molar-refractivity contribution is 0.0540. The number of ether oxygens (including phenoxy) is 1. The van der Waals surface area contributed by atoms with E-state index in [4.69, 9.17) is 10.5 Å². The second-order valence-corrected chi connectivity index (χ2v) is 8.32. The van der Waals surface area contributed by atoms with Gasteiger partial charge in [0.15, 0.2) is 0 Å². The molecule has 1 saturated heterocycles. The van der Waals surface area contributed by atoms with E-state index in [1.165, 1.54) is 19.3 Å². The average Bonchev–Trinajstić information content (AvgIpc) is 3.32. The summed E-state index contributed by atoms with van der Waals surface area (Å²) in [6.45, 7) is 18.5. The predicted octanol–water partition coefficient (Wildman–Crippen LogP) is 8.16. The summed E-state index contributed by atoms with van der Waals surface area (Å²) in [4.78, 5) is 8.74. The molecule has 1 aromatic heterocycles. The predicted molar refractivity (Wildman–Crippen MR) is 153 cm³/mol. The molecule has 0 amide bonds. The molecule has 4 heteroatoms. The van der Waals surface area contributed by atoms with E-state index in [2.05, 4.69) is 62.5 Å². The fourth-order valence-electron chi connectivity index (χ4n) is 3.45. The molecule has 0 bridgehead atoms. The van der Waals surface area contributed by atoms with E-state index in [0.717, 1.165) is 53.1 Å². The largest absolute Gasteiger partial charge is 0.398 e. The molecule has 4 nitrogen and oxygen atoms in total. The Morgan fingerprint density at radius 2 is 1.91 bits per heavy atom. The number of hydrogen-bond acceptors (Lipinski definition) is 4. The van der Waals surface area contributed by atoms with Gasteiger partial charge in [0.25, 0.3) is 0 Å². The molecule has 2 atom stereocenters. The second kappa shape index (κ2) is 19.6. The Balaban J connectivity index is 0.000000961. The number of allylic oxidation sites excluding steroid dienone is 4. The molecule has 1 aromatic rings. The minimum atomic E-state index is 0.528. The van der Waals surface area contributed by atoms with Gasteiger partial charge in [-0.1, -0.05) is 59.1 Å². The summed E-state index contributed by atoms with van der Waals surface area (Å²) in [5.41, 5.74) is 11.8. The van der Waals surface area contributed by atoms with Gasteiger partial charge in [-0.3, -0.25) is 4.99 Å². The average molecular weight is 480 g/mol. The highest BCUT2D eigenvalue weighted by Gasteiger charge is 2.19. The van der Waals surface area contributed by atoms with Gasteiger partial charge < -0.3 is 10.5 Å². The number of aromatic nitrogens is 1. The molecule has 1 aliphatic heterocycles. The Morgan fingerprint density at radius 3 is 2.37 bits per heavy atom. The Kier molecular flexibility index (Phi) is 18.2. The maximum absolute atomic E-state index is 6.47. The second-order valence-electron chi connectivity index (χ2n) is 8.32. The van der Waals surface area contributed by atoms with Gasteiger partial charge in [0, 0.05) is 35.0 Å². The zero-order valence-electron chi connectivity index (χ0n) is 23.7. The van der Waals surface area contributed by atoms with E-state index < -0.39 is 0 Å². The summed E-state index contributed by atoms with van der Waals surface area (Å²) in [5, 5.41) is 0. The highest BCUT2D eigenvalue weighted by Crippen LogP contribution is 2.25. The van der Waals surface area contributed by atoms with E-state index in [-0.39, 0.29) is 0 Å². The van der Waals surface area contributed by atoms with Gasteiger partial charge in [-0.2, -0.15) is 0 Å². The number of nitrogens with zero attached hydrogens (tertiary/aromatic N) is 2. The van der Waals surface area contributed by atoms with Crippen LogP contribution in [-0.4, -0.2) is 23.4 Å². The van der Waals surface area contributed by atoms with E-state index in [1.54, 1.807) is 12.4 Å². The van der Waals surface area contributed by atoms with Crippen LogP contribution in [0.15, 0.2) is 63.6 Å². The molecule has 0 aromatic carbocycles. The third kappa shape index (κ3) is 12.6. The summed E-state index contributed by atoms with van der Waals surface area (Å²) < 4.78 is 5.51. The molecule has 2 heterocycles. The first-order valence-corrected chi connectivity index (χ1v) is 13.3. The van der Waals surface area contributed by atoms with Gasteiger partial charge in [-0.15, -0.1) is 0 Å². The van der Waals surface area contributed by atoms with Crippen LogP contribution in [0.2, 0.25) is 0 Å². The highest BCUT2D eigenvalue weighted by atomic mass is 16.5. The van der Waals surface area contributed by atoms with Crippen molar-refractivity contribution in [3.63, 3.8) is 0 Å². The first kappa shape index (κ1) is 32.4. The first-order chi connectivity index (χ1) is 16.9. The molecule has 0 saturated carbocycles. The molecular weight excluding hydrogens is 430 g/mol. The first-order valence-electron chi connectivity index (χ1n) is 13.3. The van der Waals surface area contributed by atoms with Gasteiger partial charge in [0.2, 0.25) is 0 Å². The van der Waals surface area contributed by atoms with Crippen LogP contribution in [0.25, 0.3) is 0 Å². The fraction of sp³-hybridized carbons (Fsp3) is 0.548. The van der Waals surface area contributed by atoms with E-state index in [1.807, 2.05) is 45.9 Å². The lowest BCUT2D eigenvalue weighted by Crippen LogP contribution is -2.08. The van der Waals surface area contributed by atoms with Crippen LogP contribution in [-0.2, 0) is 4.74 Å². The van der Waals surface area contributed by atoms with Crippen molar-refractivity contribution in [2.24, 2.45) is 10.7 Å². The number of aliphatic imine (C=N–C) groups is 1. The van der Waals surface area contributed by atoms with Crippen molar-refractivity contribution in [2.75, 3.05) is 0 Å². The molecule has 2 unspecified atom stereocenters. The number of pyridine rings is 1. The number of unbranched alkanes of at least 4 members (excludes halogenated alkanes) is 1. The van der Waals surface area contributed by atoms with Crippen molar-refractivity contribution in [2.45, 2.75) is 113 Å². The number of nitrogens with two attached hydrogens (primary N) is 1.